The van der Waals surface area contributed by atoms with Gasteiger partial charge >= 0.3 is 12.4 Å². The molecule has 1 amide bonds. The van der Waals surface area contributed by atoms with E-state index in [-0.39, 0.29) is 41.9 Å². The molecule has 6 nitrogen and oxygen atoms in total. The molecule has 0 saturated heterocycles. The zero-order valence-corrected chi connectivity index (χ0v) is 17.6. The number of nitrogens with two attached hydrogens (primary N) is 1. The van der Waals surface area contributed by atoms with E-state index in [1.807, 2.05) is 0 Å². The first-order valence-corrected chi connectivity index (χ1v) is 10.3. The van der Waals surface area contributed by atoms with E-state index < -0.39 is 35.3 Å². The molecule has 2 aromatic heterocycles. The Bertz CT molecular complexity index is 1000. The van der Waals surface area contributed by atoms with E-state index in [1.54, 1.807) is 0 Å². The minimum atomic E-state index is -4.76. The Labute approximate surface area is 186 Å². The van der Waals surface area contributed by atoms with Gasteiger partial charge in [-0.2, -0.15) is 26.3 Å². The van der Waals surface area contributed by atoms with E-state index >= 15 is 0 Å². The molecule has 1 saturated carbocycles. The quantitative estimate of drug-likeness (QED) is 0.494. The number of aromatic nitrogens is 2. The summed E-state index contributed by atoms with van der Waals surface area (Å²) in [5.41, 5.74) is 3.30. The lowest BCUT2D eigenvalue weighted by Gasteiger charge is -2.26. The molecule has 1 unspecified atom stereocenters. The molecule has 2 heterocycles. The molecule has 1 aliphatic rings. The first-order valence-electron chi connectivity index (χ1n) is 10.3. The van der Waals surface area contributed by atoms with Crippen LogP contribution in [-0.4, -0.2) is 35.1 Å². The molecular weight excluding hydrogens is 452 g/mol. The summed E-state index contributed by atoms with van der Waals surface area (Å²) in [6, 6.07) is 2.59. The molecule has 180 valence electrons. The molecule has 0 bridgehead atoms. The fourth-order valence-corrected chi connectivity index (χ4v) is 3.41. The molecule has 33 heavy (non-hydrogen) atoms. The molecule has 0 aromatic carbocycles. The largest absolute Gasteiger partial charge is 0.416 e. The summed E-state index contributed by atoms with van der Waals surface area (Å²) < 4.78 is 81.7. The predicted octanol–water partition coefficient (Wildman–Crippen LogP) is 4.94. The summed E-state index contributed by atoms with van der Waals surface area (Å²) in [4.78, 5) is 20.4. The molecule has 2 aromatic rings. The maximum atomic E-state index is 13.7. The van der Waals surface area contributed by atoms with Crippen LogP contribution in [0.4, 0.5) is 38.0 Å². The Kier molecular flexibility index (Phi) is 7.15. The van der Waals surface area contributed by atoms with Crippen LogP contribution in [0.3, 0.4) is 0 Å². The summed E-state index contributed by atoms with van der Waals surface area (Å²) in [6.07, 6.45) is -6.31. The van der Waals surface area contributed by atoms with Crippen molar-refractivity contribution in [3.05, 3.63) is 35.5 Å². The number of pyridine rings is 2. The number of amides is 1. The fraction of sp³-hybridized carbons (Fsp3) is 0.476. The van der Waals surface area contributed by atoms with E-state index in [9.17, 15) is 31.1 Å². The van der Waals surface area contributed by atoms with Gasteiger partial charge in [0.25, 0.3) is 0 Å². The lowest BCUT2D eigenvalue weighted by Crippen LogP contribution is -2.30. The smallest absolute Gasteiger partial charge is 0.369 e. The van der Waals surface area contributed by atoms with Crippen molar-refractivity contribution in [3.63, 3.8) is 0 Å². The van der Waals surface area contributed by atoms with Crippen molar-refractivity contribution in [2.75, 3.05) is 23.7 Å². The highest BCUT2D eigenvalue weighted by Crippen LogP contribution is 2.43. The van der Waals surface area contributed by atoms with Crippen molar-refractivity contribution in [1.29, 1.82) is 0 Å². The van der Waals surface area contributed by atoms with E-state index in [4.69, 9.17) is 5.73 Å². The maximum Gasteiger partial charge on any atom is 0.416 e. The van der Waals surface area contributed by atoms with Crippen molar-refractivity contribution in [1.82, 2.24) is 9.97 Å². The van der Waals surface area contributed by atoms with Gasteiger partial charge in [-0.25, -0.2) is 9.97 Å². The third-order valence-corrected chi connectivity index (χ3v) is 5.51. The molecule has 1 atom stereocenters. The fourth-order valence-electron chi connectivity index (χ4n) is 3.41. The second-order valence-corrected chi connectivity index (χ2v) is 7.84. The van der Waals surface area contributed by atoms with Gasteiger partial charge in [0, 0.05) is 36.3 Å². The van der Waals surface area contributed by atoms with Crippen LogP contribution in [0.1, 0.15) is 43.2 Å². The number of anilines is 2. The number of nitrogens with one attached hydrogen (secondary N) is 2. The molecule has 0 aliphatic heterocycles. The van der Waals surface area contributed by atoms with Gasteiger partial charge in [-0.3, -0.25) is 4.79 Å². The molecule has 3 rings (SSSR count). The predicted molar refractivity (Wildman–Crippen MR) is 110 cm³/mol. The molecule has 0 spiro atoms. The summed E-state index contributed by atoms with van der Waals surface area (Å²) in [5.74, 6) is -3.46. The van der Waals surface area contributed by atoms with Gasteiger partial charge in [-0.1, -0.05) is 6.42 Å². The zero-order valence-electron chi connectivity index (χ0n) is 17.6. The number of carbonyl (C=O) groups excluding carboxylic acids is 1. The lowest BCUT2D eigenvalue weighted by atomic mass is 9.84. The Morgan fingerprint density at radius 1 is 1.21 bits per heavy atom. The SMILES string of the molecule is CC(c1c(-c2cc(C(F)(F)F)cc(NCCN)n2)ccnc1NC(=O)C1CCC1)C(F)(F)F. The average molecular weight is 475 g/mol. The Hall–Kier alpha value is -2.89. The van der Waals surface area contributed by atoms with Gasteiger partial charge < -0.3 is 16.4 Å². The van der Waals surface area contributed by atoms with Gasteiger partial charge in [-0.05, 0) is 38.0 Å². The number of alkyl halides is 6. The van der Waals surface area contributed by atoms with Crippen LogP contribution in [0, 0.1) is 5.92 Å². The van der Waals surface area contributed by atoms with Crippen LogP contribution >= 0.6 is 0 Å². The number of rotatable bonds is 7. The van der Waals surface area contributed by atoms with Crippen molar-refractivity contribution in [2.24, 2.45) is 11.7 Å². The highest BCUT2D eigenvalue weighted by atomic mass is 19.4. The highest BCUT2D eigenvalue weighted by molar-refractivity contribution is 5.94. The minimum Gasteiger partial charge on any atom is -0.369 e. The number of halogens is 6. The summed E-state index contributed by atoms with van der Waals surface area (Å²) in [6.45, 7) is 1.08. The molecule has 0 radical (unpaired) electrons. The third kappa shape index (κ3) is 5.73. The second kappa shape index (κ2) is 9.54. The van der Waals surface area contributed by atoms with Crippen LogP contribution in [0.15, 0.2) is 24.4 Å². The Morgan fingerprint density at radius 2 is 1.91 bits per heavy atom. The monoisotopic (exact) mass is 475 g/mol. The molecular formula is C21H23F6N5O. The van der Waals surface area contributed by atoms with Gasteiger partial charge in [0.2, 0.25) is 5.91 Å². The number of nitrogens with zero attached hydrogens (tertiary/aromatic N) is 2. The van der Waals surface area contributed by atoms with Gasteiger partial charge in [0.1, 0.15) is 11.6 Å². The normalized spacial score (nSPS) is 15.6. The number of carbonyl (C=O) groups is 1. The summed E-state index contributed by atoms with van der Waals surface area (Å²) >= 11 is 0. The van der Waals surface area contributed by atoms with Crippen molar-refractivity contribution in [2.45, 2.75) is 44.5 Å². The molecule has 1 fully saturated rings. The van der Waals surface area contributed by atoms with Crippen LogP contribution < -0.4 is 16.4 Å². The minimum absolute atomic E-state index is 0.107. The van der Waals surface area contributed by atoms with Crippen LogP contribution in [-0.2, 0) is 11.0 Å². The average Bonchev–Trinajstić information content (AvgIpc) is 2.68. The van der Waals surface area contributed by atoms with E-state index in [0.29, 0.717) is 18.9 Å². The standard InChI is InChI=1S/C21H23F6N5O/c1-11(20(22,23)24)17-14(5-7-30-18(17)32-19(33)12-3-2-4-12)15-9-13(21(25,26)27)10-16(31-15)29-8-6-28/h5,7,9-12H,2-4,6,8,28H2,1H3,(H,29,31)(H,30,32,33). The van der Waals surface area contributed by atoms with Gasteiger partial charge in [-0.15, -0.1) is 0 Å². The second-order valence-electron chi connectivity index (χ2n) is 7.84. The maximum absolute atomic E-state index is 13.7. The third-order valence-electron chi connectivity index (χ3n) is 5.51. The highest BCUT2D eigenvalue weighted by Gasteiger charge is 2.41. The Morgan fingerprint density at radius 3 is 2.45 bits per heavy atom. The molecule has 12 heteroatoms. The van der Waals surface area contributed by atoms with Gasteiger partial charge in [0.15, 0.2) is 0 Å². The molecule has 1 aliphatic carbocycles. The Balaban J connectivity index is 2.16. The topological polar surface area (TPSA) is 92.9 Å². The first-order chi connectivity index (χ1) is 15.4. The van der Waals surface area contributed by atoms with E-state index in [0.717, 1.165) is 31.7 Å². The van der Waals surface area contributed by atoms with E-state index in [2.05, 4.69) is 20.6 Å². The van der Waals surface area contributed by atoms with Crippen molar-refractivity contribution >= 4 is 17.5 Å². The first kappa shape index (κ1) is 24.7. The van der Waals surface area contributed by atoms with Crippen LogP contribution in [0.5, 0.6) is 0 Å². The number of hydrogen-bond donors (Lipinski definition) is 3. The zero-order chi connectivity index (χ0) is 24.4. The van der Waals surface area contributed by atoms with Gasteiger partial charge in [0.05, 0.1) is 17.2 Å². The van der Waals surface area contributed by atoms with Crippen molar-refractivity contribution < 1.29 is 31.1 Å². The summed E-state index contributed by atoms with van der Waals surface area (Å²) in [5, 5.41) is 5.07. The van der Waals surface area contributed by atoms with E-state index in [1.165, 1.54) is 0 Å². The van der Waals surface area contributed by atoms with Crippen molar-refractivity contribution in [3.8, 4) is 11.3 Å². The number of hydrogen-bond acceptors (Lipinski definition) is 5. The molecule has 4 N–H and O–H groups in total. The lowest BCUT2D eigenvalue weighted by molar-refractivity contribution is -0.146. The van der Waals surface area contributed by atoms with Crippen LogP contribution in [0.2, 0.25) is 0 Å². The summed E-state index contributed by atoms with van der Waals surface area (Å²) in [7, 11) is 0. The van der Waals surface area contributed by atoms with Crippen LogP contribution in [0.25, 0.3) is 11.3 Å².